The van der Waals surface area contributed by atoms with Crippen LogP contribution in [0.2, 0.25) is 0 Å². The van der Waals surface area contributed by atoms with Gasteiger partial charge in [0.25, 0.3) is 0 Å². The van der Waals surface area contributed by atoms with Gasteiger partial charge < -0.3 is 30.9 Å². The summed E-state index contributed by atoms with van der Waals surface area (Å²) in [5, 5.41) is 37.6. The smallest absolute Gasteiger partial charge is 0.111 e. The van der Waals surface area contributed by atoms with Crippen LogP contribution in [0.15, 0.2) is 0 Å². The molecule has 0 spiro atoms. The third-order valence-corrected chi connectivity index (χ3v) is 2.82. The topological polar surface area (TPSA) is 116 Å². The molecule has 0 saturated heterocycles. The van der Waals surface area contributed by atoms with Gasteiger partial charge in [-0.3, -0.25) is 0 Å². The molecule has 0 heterocycles. The second-order valence-corrected chi connectivity index (χ2v) is 3.60. The fraction of sp³-hybridized carbons (Fsp3) is 1.00. The molecule has 0 bridgehead atoms. The minimum atomic E-state index is -1.13. The standard InChI is InChI=1S/C8H17NO5/c1-14-8-6(12)3(2-10)5(11)4(9)7(8)13/h3-8,10-13H,2,9H2,1H3/t3?,4-,5?,6+,7?,8+/m1/s1. The maximum atomic E-state index is 9.63. The molecule has 0 radical (unpaired) electrons. The number of rotatable bonds is 2. The van der Waals surface area contributed by atoms with Crippen LogP contribution in [-0.4, -0.2) is 64.6 Å². The molecule has 6 heteroatoms. The Morgan fingerprint density at radius 3 is 2.14 bits per heavy atom. The molecule has 0 aliphatic heterocycles. The average Bonchev–Trinajstić information content (AvgIpc) is 2.16. The van der Waals surface area contributed by atoms with Crippen LogP contribution < -0.4 is 5.73 Å². The first-order valence-electron chi connectivity index (χ1n) is 4.48. The quantitative estimate of drug-likeness (QED) is 0.330. The second kappa shape index (κ2) is 4.52. The summed E-state index contributed by atoms with van der Waals surface area (Å²) >= 11 is 0. The van der Waals surface area contributed by atoms with E-state index in [0.29, 0.717) is 0 Å². The molecule has 0 aromatic carbocycles. The van der Waals surface area contributed by atoms with Crippen molar-refractivity contribution in [2.75, 3.05) is 13.7 Å². The minimum absolute atomic E-state index is 0.400. The Morgan fingerprint density at radius 1 is 1.14 bits per heavy atom. The summed E-state index contributed by atoms with van der Waals surface area (Å²) in [5.74, 6) is -0.779. The number of nitrogens with two attached hydrogens (primary N) is 1. The number of hydrogen-bond acceptors (Lipinski definition) is 6. The van der Waals surface area contributed by atoms with E-state index >= 15 is 0 Å². The van der Waals surface area contributed by atoms with Crippen molar-refractivity contribution in [2.24, 2.45) is 11.7 Å². The summed E-state index contributed by atoms with van der Waals surface area (Å²) in [4.78, 5) is 0. The Morgan fingerprint density at radius 2 is 1.71 bits per heavy atom. The van der Waals surface area contributed by atoms with E-state index in [1.807, 2.05) is 0 Å². The van der Waals surface area contributed by atoms with Crippen LogP contribution >= 0.6 is 0 Å². The van der Waals surface area contributed by atoms with E-state index < -0.39 is 43.0 Å². The Hall–Kier alpha value is -0.240. The van der Waals surface area contributed by atoms with E-state index in [9.17, 15) is 15.3 Å². The molecule has 0 amide bonds. The van der Waals surface area contributed by atoms with Crippen LogP contribution in [0.25, 0.3) is 0 Å². The molecule has 6 nitrogen and oxygen atoms in total. The van der Waals surface area contributed by atoms with E-state index in [1.165, 1.54) is 7.11 Å². The van der Waals surface area contributed by atoms with Gasteiger partial charge in [-0.25, -0.2) is 0 Å². The highest BCUT2D eigenvalue weighted by molar-refractivity contribution is 5.00. The third kappa shape index (κ3) is 1.77. The van der Waals surface area contributed by atoms with Crippen molar-refractivity contribution in [1.82, 2.24) is 0 Å². The van der Waals surface area contributed by atoms with Crippen LogP contribution in [0.4, 0.5) is 0 Å². The van der Waals surface area contributed by atoms with Gasteiger partial charge in [-0.2, -0.15) is 0 Å². The summed E-state index contributed by atoms with van der Waals surface area (Å²) in [6.07, 6.45) is -4.25. The molecule has 1 fully saturated rings. The lowest BCUT2D eigenvalue weighted by molar-refractivity contribution is -0.177. The van der Waals surface area contributed by atoms with Gasteiger partial charge in [0.15, 0.2) is 0 Å². The summed E-state index contributed by atoms with van der Waals surface area (Å²) in [6, 6.07) is -0.916. The van der Waals surface area contributed by atoms with Crippen molar-refractivity contribution < 1.29 is 25.2 Å². The summed E-state index contributed by atoms with van der Waals surface area (Å²) in [6.45, 7) is -0.400. The van der Waals surface area contributed by atoms with Crippen molar-refractivity contribution in [3.8, 4) is 0 Å². The largest absolute Gasteiger partial charge is 0.396 e. The Balaban J connectivity index is 2.82. The molecule has 84 valence electrons. The van der Waals surface area contributed by atoms with Gasteiger partial charge in [0.2, 0.25) is 0 Å². The number of aliphatic hydroxyl groups excluding tert-OH is 4. The van der Waals surface area contributed by atoms with Crippen LogP contribution in [0.5, 0.6) is 0 Å². The normalized spacial score (nSPS) is 49.3. The molecule has 14 heavy (non-hydrogen) atoms. The van der Waals surface area contributed by atoms with Crippen LogP contribution in [-0.2, 0) is 4.74 Å². The predicted octanol–water partition coefficient (Wildman–Crippen LogP) is -2.97. The number of ether oxygens (including phenoxy) is 1. The predicted molar refractivity (Wildman–Crippen MR) is 47.4 cm³/mol. The van der Waals surface area contributed by atoms with Crippen molar-refractivity contribution in [3.05, 3.63) is 0 Å². The third-order valence-electron chi connectivity index (χ3n) is 2.82. The molecule has 6 atom stereocenters. The van der Waals surface area contributed by atoms with Crippen LogP contribution in [0.1, 0.15) is 0 Å². The monoisotopic (exact) mass is 207 g/mol. The fourth-order valence-corrected chi connectivity index (χ4v) is 1.85. The Kier molecular flexibility index (Phi) is 3.82. The highest BCUT2D eigenvalue weighted by Gasteiger charge is 2.47. The number of aliphatic hydroxyl groups is 4. The molecule has 0 aromatic heterocycles. The van der Waals surface area contributed by atoms with Crippen molar-refractivity contribution in [3.63, 3.8) is 0 Å². The minimum Gasteiger partial charge on any atom is -0.396 e. The lowest BCUT2D eigenvalue weighted by atomic mass is 9.78. The lowest BCUT2D eigenvalue weighted by Crippen LogP contribution is -2.65. The van der Waals surface area contributed by atoms with Gasteiger partial charge in [-0.1, -0.05) is 0 Å². The van der Waals surface area contributed by atoms with Gasteiger partial charge in [0, 0.05) is 13.0 Å². The maximum Gasteiger partial charge on any atom is 0.111 e. The van der Waals surface area contributed by atoms with Crippen molar-refractivity contribution in [2.45, 2.75) is 30.5 Å². The van der Waals surface area contributed by atoms with Gasteiger partial charge in [-0.05, 0) is 0 Å². The zero-order valence-corrected chi connectivity index (χ0v) is 7.95. The number of methoxy groups -OCH3 is 1. The molecule has 3 unspecified atom stereocenters. The first kappa shape index (κ1) is 11.8. The average molecular weight is 207 g/mol. The first-order valence-corrected chi connectivity index (χ1v) is 4.48. The molecule has 6 N–H and O–H groups in total. The Bertz CT molecular complexity index is 173. The van der Waals surface area contributed by atoms with Crippen LogP contribution in [0.3, 0.4) is 0 Å². The first-order chi connectivity index (χ1) is 6.54. The van der Waals surface area contributed by atoms with E-state index in [-0.39, 0.29) is 0 Å². The zero-order valence-electron chi connectivity index (χ0n) is 7.95. The van der Waals surface area contributed by atoms with Crippen LogP contribution in [0, 0.1) is 5.92 Å². The van der Waals surface area contributed by atoms with Gasteiger partial charge in [0.1, 0.15) is 12.2 Å². The van der Waals surface area contributed by atoms with Gasteiger partial charge >= 0.3 is 0 Å². The Labute approximate surface area is 81.9 Å². The molecular formula is C8H17NO5. The lowest BCUT2D eigenvalue weighted by Gasteiger charge is -2.43. The summed E-state index contributed by atoms with van der Waals surface area (Å²) in [5.41, 5.74) is 5.51. The fourth-order valence-electron chi connectivity index (χ4n) is 1.85. The molecule has 1 saturated carbocycles. The summed E-state index contributed by atoms with van der Waals surface area (Å²) in [7, 11) is 1.33. The highest BCUT2D eigenvalue weighted by atomic mass is 16.5. The highest BCUT2D eigenvalue weighted by Crippen LogP contribution is 2.26. The maximum absolute atomic E-state index is 9.63. The molecule has 1 aliphatic rings. The summed E-state index contributed by atoms with van der Waals surface area (Å²) < 4.78 is 4.86. The van der Waals surface area contributed by atoms with E-state index in [0.717, 1.165) is 0 Å². The van der Waals surface area contributed by atoms with Gasteiger partial charge in [0.05, 0.1) is 24.9 Å². The second-order valence-electron chi connectivity index (χ2n) is 3.60. The van der Waals surface area contributed by atoms with E-state index in [4.69, 9.17) is 15.6 Å². The van der Waals surface area contributed by atoms with Crippen molar-refractivity contribution in [1.29, 1.82) is 0 Å². The molecule has 0 aromatic rings. The van der Waals surface area contributed by atoms with Crippen molar-refractivity contribution >= 4 is 0 Å². The molecular weight excluding hydrogens is 190 g/mol. The molecule has 1 rings (SSSR count). The number of hydrogen-bond donors (Lipinski definition) is 5. The zero-order chi connectivity index (χ0) is 10.9. The van der Waals surface area contributed by atoms with E-state index in [1.54, 1.807) is 0 Å². The van der Waals surface area contributed by atoms with Gasteiger partial charge in [-0.15, -0.1) is 0 Å². The van der Waals surface area contributed by atoms with E-state index in [2.05, 4.69) is 0 Å². The SMILES string of the molecule is CO[C@@H]1C(O)[C@H](N)C(O)C(CO)[C@@H]1O. The molecule has 1 aliphatic carbocycles.